The van der Waals surface area contributed by atoms with Crippen molar-refractivity contribution in [2.24, 2.45) is 0 Å². The second kappa shape index (κ2) is 10.00. The summed E-state index contributed by atoms with van der Waals surface area (Å²) in [5.41, 5.74) is 1.97. The van der Waals surface area contributed by atoms with Gasteiger partial charge in [-0.2, -0.15) is 0 Å². The first-order valence-electron chi connectivity index (χ1n) is 9.15. The zero-order valence-corrected chi connectivity index (χ0v) is 16.5. The van der Waals surface area contributed by atoms with Crippen LogP contribution >= 0.6 is 15.9 Å². The summed E-state index contributed by atoms with van der Waals surface area (Å²) in [7, 11) is 0. The van der Waals surface area contributed by atoms with Crippen molar-refractivity contribution in [1.29, 1.82) is 0 Å². The zero-order valence-electron chi connectivity index (χ0n) is 14.9. The molecule has 0 radical (unpaired) electrons. The Morgan fingerprint density at radius 2 is 1.88 bits per heavy atom. The zero-order chi connectivity index (χ0) is 17.4. The highest BCUT2D eigenvalue weighted by atomic mass is 79.9. The van der Waals surface area contributed by atoms with E-state index in [2.05, 4.69) is 40.8 Å². The van der Waals surface area contributed by atoms with E-state index >= 15 is 0 Å². The Balaban J connectivity index is 2.12. The van der Waals surface area contributed by atoms with Crippen LogP contribution < -0.4 is 0 Å². The molecule has 2 rings (SSSR count). The fourth-order valence-corrected chi connectivity index (χ4v) is 3.67. The van der Waals surface area contributed by atoms with Crippen molar-refractivity contribution in [1.82, 2.24) is 9.80 Å². The van der Waals surface area contributed by atoms with E-state index in [1.807, 2.05) is 29.2 Å². The summed E-state index contributed by atoms with van der Waals surface area (Å²) in [6, 6.07) is 7.73. The van der Waals surface area contributed by atoms with Gasteiger partial charge in [0, 0.05) is 16.7 Å². The molecular weight excluding hydrogens is 364 g/mol. The third-order valence-electron chi connectivity index (χ3n) is 4.71. The Hall–Kier alpha value is -1.13. The van der Waals surface area contributed by atoms with Crippen LogP contribution in [0.25, 0.3) is 0 Å². The van der Waals surface area contributed by atoms with Crippen molar-refractivity contribution in [2.75, 3.05) is 26.2 Å². The molecule has 0 aliphatic heterocycles. The van der Waals surface area contributed by atoms with E-state index in [1.165, 1.54) is 18.5 Å². The van der Waals surface area contributed by atoms with Crippen LogP contribution in [-0.4, -0.2) is 41.9 Å². The summed E-state index contributed by atoms with van der Waals surface area (Å²) in [6.45, 7) is 8.35. The van der Waals surface area contributed by atoms with Crippen LogP contribution in [0.3, 0.4) is 0 Å². The van der Waals surface area contributed by atoms with Crippen molar-refractivity contribution >= 4 is 21.8 Å². The lowest BCUT2D eigenvalue weighted by Crippen LogP contribution is -2.34. The molecule has 0 saturated heterocycles. The first-order chi connectivity index (χ1) is 11.7. The largest absolute Gasteiger partial charge is 0.312 e. The Kier molecular flexibility index (Phi) is 8.00. The van der Waals surface area contributed by atoms with E-state index in [0.717, 1.165) is 55.5 Å². The highest BCUT2D eigenvalue weighted by molar-refractivity contribution is 9.10. The smallest absolute Gasteiger partial charge is 0.259 e. The average Bonchev–Trinajstić information content (AvgIpc) is 2.63. The van der Waals surface area contributed by atoms with Crippen molar-refractivity contribution in [3.8, 4) is 0 Å². The van der Waals surface area contributed by atoms with Crippen LogP contribution in [0.4, 0.5) is 0 Å². The number of carbonyl (C=O) groups excluding carboxylic acids is 1. The van der Waals surface area contributed by atoms with E-state index in [-0.39, 0.29) is 5.91 Å². The Labute approximate surface area is 154 Å². The van der Waals surface area contributed by atoms with Gasteiger partial charge in [0.25, 0.3) is 5.91 Å². The molecule has 1 aliphatic rings. The molecule has 0 heterocycles. The summed E-state index contributed by atoms with van der Waals surface area (Å²) < 4.78 is 0.875. The van der Waals surface area contributed by atoms with E-state index in [4.69, 9.17) is 0 Å². The minimum absolute atomic E-state index is 0.121. The number of halogens is 1. The molecule has 0 aromatic heterocycles. The quantitative estimate of drug-likeness (QED) is 0.615. The van der Waals surface area contributed by atoms with Crippen molar-refractivity contribution in [3.63, 3.8) is 0 Å². The lowest BCUT2D eigenvalue weighted by atomic mass is 10.0. The SMILES string of the molecule is CCN(CC)CCCN(C(=O)c1ccccc1Br)C1=CCCCC1. The second-order valence-electron chi connectivity index (χ2n) is 6.26. The molecule has 132 valence electrons. The molecule has 0 unspecified atom stereocenters. The number of rotatable bonds is 8. The summed E-state index contributed by atoms with van der Waals surface area (Å²) >= 11 is 3.53. The van der Waals surface area contributed by atoms with Gasteiger partial charge >= 0.3 is 0 Å². The fraction of sp³-hybridized carbons (Fsp3) is 0.550. The lowest BCUT2D eigenvalue weighted by molar-refractivity contribution is 0.0791. The molecular formula is C20H29BrN2O. The average molecular weight is 393 g/mol. The number of hydrogen-bond donors (Lipinski definition) is 0. The third kappa shape index (κ3) is 5.18. The van der Waals surface area contributed by atoms with Gasteiger partial charge < -0.3 is 9.80 Å². The van der Waals surface area contributed by atoms with Crippen LogP contribution in [0, 0.1) is 0 Å². The predicted octanol–water partition coefficient (Wildman–Crippen LogP) is 5.08. The number of benzene rings is 1. The molecule has 1 aromatic carbocycles. The van der Waals surface area contributed by atoms with E-state index in [0.29, 0.717) is 0 Å². The van der Waals surface area contributed by atoms with Crippen LogP contribution in [0.5, 0.6) is 0 Å². The molecule has 1 aliphatic carbocycles. The monoisotopic (exact) mass is 392 g/mol. The Morgan fingerprint density at radius 1 is 1.12 bits per heavy atom. The topological polar surface area (TPSA) is 23.6 Å². The fourth-order valence-electron chi connectivity index (χ4n) is 3.21. The maximum Gasteiger partial charge on any atom is 0.259 e. The first kappa shape index (κ1) is 19.2. The summed E-state index contributed by atoms with van der Waals surface area (Å²) in [4.78, 5) is 17.6. The number of allylic oxidation sites excluding steroid dienone is 2. The summed E-state index contributed by atoms with van der Waals surface area (Å²) in [5.74, 6) is 0.121. The normalized spacial score (nSPS) is 14.6. The maximum atomic E-state index is 13.1. The molecule has 0 bridgehead atoms. The van der Waals surface area contributed by atoms with Gasteiger partial charge in [-0.15, -0.1) is 0 Å². The first-order valence-corrected chi connectivity index (χ1v) is 9.94. The standard InChI is InChI=1S/C20H29BrN2O/c1-3-22(4-2)15-10-16-23(17-11-6-5-7-12-17)20(24)18-13-8-9-14-19(18)21/h8-9,11,13-14H,3-7,10,12,15-16H2,1-2H3. The minimum Gasteiger partial charge on any atom is -0.312 e. The molecule has 0 saturated carbocycles. The highest BCUT2D eigenvalue weighted by Gasteiger charge is 2.22. The number of carbonyl (C=O) groups is 1. The molecule has 4 heteroatoms. The van der Waals surface area contributed by atoms with Crippen LogP contribution in [0.15, 0.2) is 40.5 Å². The summed E-state index contributed by atoms with van der Waals surface area (Å²) in [5, 5.41) is 0. The minimum atomic E-state index is 0.121. The van der Waals surface area contributed by atoms with E-state index in [9.17, 15) is 4.79 Å². The number of hydrogen-bond acceptors (Lipinski definition) is 2. The molecule has 1 aromatic rings. The van der Waals surface area contributed by atoms with Gasteiger partial charge in [0.05, 0.1) is 5.56 Å². The molecule has 1 amide bonds. The summed E-state index contributed by atoms with van der Waals surface area (Å²) in [6.07, 6.45) is 7.79. The maximum absolute atomic E-state index is 13.1. The van der Waals surface area contributed by atoms with Gasteiger partial charge in [0.2, 0.25) is 0 Å². The van der Waals surface area contributed by atoms with Gasteiger partial charge in [-0.05, 0) is 79.8 Å². The molecule has 0 N–H and O–H groups in total. The van der Waals surface area contributed by atoms with Gasteiger partial charge in [-0.25, -0.2) is 0 Å². The van der Waals surface area contributed by atoms with Crippen LogP contribution in [0.1, 0.15) is 56.3 Å². The third-order valence-corrected chi connectivity index (χ3v) is 5.41. The van der Waals surface area contributed by atoms with Gasteiger partial charge in [0.15, 0.2) is 0 Å². The van der Waals surface area contributed by atoms with Gasteiger partial charge in [-0.1, -0.05) is 32.1 Å². The Bertz CT molecular complexity index is 567. The second-order valence-corrected chi connectivity index (χ2v) is 7.11. The Morgan fingerprint density at radius 3 is 2.50 bits per heavy atom. The van der Waals surface area contributed by atoms with Crippen molar-refractivity contribution in [3.05, 3.63) is 46.1 Å². The van der Waals surface area contributed by atoms with Crippen LogP contribution in [-0.2, 0) is 0 Å². The molecule has 0 spiro atoms. The van der Waals surface area contributed by atoms with Gasteiger partial charge in [0.1, 0.15) is 0 Å². The van der Waals surface area contributed by atoms with Crippen molar-refractivity contribution < 1.29 is 4.79 Å². The molecule has 24 heavy (non-hydrogen) atoms. The number of nitrogens with zero attached hydrogens (tertiary/aromatic N) is 2. The molecule has 3 nitrogen and oxygen atoms in total. The van der Waals surface area contributed by atoms with Crippen molar-refractivity contribution in [2.45, 2.75) is 46.0 Å². The predicted molar refractivity (Wildman–Crippen MR) is 104 cm³/mol. The molecule has 0 fully saturated rings. The molecule has 0 atom stereocenters. The van der Waals surface area contributed by atoms with E-state index in [1.54, 1.807) is 0 Å². The van der Waals surface area contributed by atoms with E-state index < -0.39 is 0 Å². The van der Waals surface area contributed by atoms with Crippen LogP contribution in [0.2, 0.25) is 0 Å². The number of amides is 1. The van der Waals surface area contributed by atoms with Gasteiger partial charge in [-0.3, -0.25) is 4.79 Å². The lowest BCUT2D eigenvalue weighted by Gasteiger charge is -2.29. The highest BCUT2D eigenvalue weighted by Crippen LogP contribution is 2.25.